The van der Waals surface area contributed by atoms with Crippen molar-refractivity contribution in [3.8, 4) is 0 Å². The molecule has 0 saturated heterocycles. The summed E-state index contributed by atoms with van der Waals surface area (Å²) >= 11 is 4.98. The molecule has 0 fully saturated rings. The van der Waals surface area contributed by atoms with Gasteiger partial charge in [-0.25, -0.2) is 4.21 Å². The first-order chi connectivity index (χ1) is 7.64. The normalized spacial score (nSPS) is 14.6. The molecule has 0 heterocycles. The Hall–Kier alpha value is -0.450. The standard InChI is InChI=1S/C12H18O2S2/c1-2-3-7-10-14-16(13,15)11-12-8-5-4-6-9-12/h4-6,8-9H,2-3,7,10-11H2,1H3. The molecule has 0 aliphatic rings. The lowest BCUT2D eigenvalue weighted by Crippen LogP contribution is -2.08. The molecule has 1 unspecified atom stereocenters. The van der Waals surface area contributed by atoms with Crippen molar-refractivity contribution in [2.45, 2.75) is 31.9 Å². The Morgan fingerprint density at radius 1 is 1.25 bits per heavy atom. The quantitative estimate of drug-likeness (QED) is 0.703. The van der Waals surface area contributed by atoms with Crippen LogP contribution in [0.15, 0.2) is 30.3 Å². The summed E-state index contributed by atoms with van der Waals surface area (Å²) in [5.74, 6) is 0.329. The molecule has 1 aromatic carbocycles. The second kappa shape index (κ2) is 6.99. The molecule has 1 aromatic rings. The molecule has 2 nitrogen and oxygen atoms in total. The molecule has 0 N–H and O–H groups in total. The first kappa shape index (κ1) is 13.6. The van der Waals surface area contributed by atoms with E-state index < -0.39 is 8.77 Å². The SMILES string of the molecule is CCCCCOS(=O)(=S)Cc1ccccc1. The maximum atomic E-state index is 11.9. The van der Waals surface area contributed by atoms with Gasteiger partial charge in [0.1, 0.15) is 8.77 Å². The van der Waals surface area contributed by atoms with E-state index in [4.69, 9.17) is 15.4 Å². The number of rotatable bonds is 7. The highest BCUT2D eigenvalue weighted by Gasteiger charge is 2.07. The van der Waals surface area contributed by atoms with E-state index in [2.05, 4.69) is 6.92 Å². The zero-order chi connectivity index (χ0) is 11.9. The monoisotopic (exact) mass is 258 g/mol. The van der Waals surface area contributed by atoms with Crippen LogP contribution in [0.4, 0.5) is 0 Å². The van der Waals surface area contributed by atoms with Gasteiger partial charge in [0.25, 0.3) is 0 Å². The van der Waals surface area contributed by atoms with Crippen LogP contribution in [0, 0.1) is 0 Å². The molecule has 0 amide bonds. The van der Waals surface area contributed by atoms with Gasteiger partial charge in [-0.15, -0.1) is 0 Å². The molecule has 4 heteroatoms. The third-order valence-electron chi connectivity index (χ3n) is 2.20. The van der Waals surface area contributed by atoms with Gasteiger partial charge >= 0.3 is 0 Å². The highest BCUT2D eigenvalue weighted by Crippen LogP contribution is 2.08. The Morgan fingerprint density at radius 3 is 2.56 bits per heavy atom. The first-order valence-corrected chi connectivity index (χ1v) is 8.13. The maximum absolute atomic E-state index is 11.9. The minimum absolute atomic E-state index is 0.329. The molecule has 0 aliphatic carbocycles. The third kappa shape index (κ3) is 5.58. The summed E-state index contributed by atoms with van der Waals surface area (Å²) in [7, 11) is -2.58. The molecule has 90 valence electrons. The zero-order valence-corrected chi connectivity index (χ0v) is 11.2. The Labute approximate surface area is 103 Å². The van der Waals surface area contributed by atoms with Crippen molar-refractivity contribution in [1.29, 1.82) is 0 Å². The number of hydrogen-bond acceptors (Lipinski definition) is 3. The van der Waals surface area contributed by atoms with Gasteiger partial charge < -0.3 is 0 Å². The van der Waals surface area contributed by atoms with E-state index in [1.54, 1.807) is 0 Å². The van der Waals surface area contributed by atoms with Gasteiger partial charge in [-0.2, -0.15) is 0 Å². The second-order valence-electron chi connectivity index (χ2n) is 3.72. The molecule has 1 rings (SSSR count). The van der Waals surface area contributed by atoms with E-state index in [-0.39, 0.29) is 0 Å². The minimum Gasteiger partial charge on any atom is -0.290 e. The second-order valence-corrected chi connectivity index (χ2v) is 6.88. The molecule has 0 radical (unpaired) electrons. The van der Waals surface area contributed by atoms with Crippen LogP contribution in [-0.2, 0) is 29.9 Å². The van der Waals surface area contributed by atoms with Crippen LogP contribution in [0.1, 0.15) is 31.7 Å². The average Bonchev–Trinajstić information content (AvgIpc) is 2.25. The predicted molar refractivity (Wildman–Crippen MR) is 71.1 cm³/mol. The zero-order valence-electron chi connectivity index (χ0n) is 9.56. The molecule has 16 heavy (non-hydrogen) atoms. The van der Waals surface area contributed by atoms with E-state index in [9.17, 15) is 4.21 Å². The van der Waals surface area contributed by atoms with Crippen LogP contribution in [0.25, 0.3) is 0 Å². The van der Waals surface area contributed by atoms with Crippen molar-refractivity contribution in [2.24, 2.45) is 0 Å². The van der Waals surface area contributed by atoms with Crippen molar-refractivity contribution in [1.82, 2.24) is 0 Å². The molecule has 0 saturated carbocycles. The Kier molecular flexibility index (Phi) is 5.95. The lowest BCUT2D eigenvalue weighted by molar-refractivity contribution is 0.332. The lowest BCUT2D eigenvalue weighted by Gasteiger charge is -2.07. The molecule has 1 atom stereocenters. The fourth-order valence-corrected chi connectivity index (χ4v) is 3.03. The molecule has 0 aliphatic heterocycles. The molecule has 0 spiro atoms. The van der Waals surface area contributed by atoms with Crippen LogP contribution >= 0.6 is 0 Å². The topological polar surface area (TPSA) is 26.3 Å². The molecular weight excluding hydrogens is 240 g/mol. The van der Waals surface area contributed by atoms with Crippen molar-refractivity contribution < 1.29 is 8.39 Å². The van der Waals surface area contributed by atoms with E-state index in [1.165, 1.54) is 0 Å². The predicted octanol–water partition coefficient (Wildman–Crippen LogP) is 3.05. The number of unbranched alkanes of at least 4 members (excludes halogenated alkanes) is 2. The summed E-state index contributed by atoms with van der Waals surface area (Å²) in [4.78, 5) is 0. The fraction of sp³-hybridized carbons (Fsp3) is 0.500. The summed E-state index contributed by atoms with van der Waals surface area (Å²) in [6.07, 6.45) is 3.15. The van der Waals surface area contributed by atoms with Crippen LogP contribution in [0.3, 0.4) is 0 Å². The summed E-state index contributed by atoms with van der Waals surface area (Å²) in [5, 5.41) is 0. The van der Waals surface area contributed by atoms with Gasteiger partial charge in [0.05, 0.1) is 12.4 Å². The summed E-state index contributed by atoms with van der Waals surface area (Å²) in [6, 6.07) is 9.59. The minimum atomic E-state index is -2.58. The average molecular weight is 258 g/mol. The Balaban J connectivity index is 2.40. The van der Waals surface area contributed by atoms with Gasteiger partial charge in [0, 0.05) is 11.2 Å². The van der Waals surface area contributed by atoms with Crippen molar-refractivity contribution >= 4 is 20.0 Å². The van der Waals surface area contributed by atoms with Crippen molar-refractivity contribution in [3.63, 3.8) is 0 Å². The number of hydrogen-bond donors (Lipinski definition) is 0. The van der Waals surface area contributed by atoms with Crippen LogP contribution in [0.5, 0.6) is 0 Å². The largest absolute Gasteiger partial charge is 0.290 e. The summed E-state index contributed by atoms with van der Waals surface area (Å²) in [5.41, 5.74) is 0.970. The molecule has 0 bridgehead atoms. The smallest absolute Gasteiger partial charge is 0.148 e. The van der Waals surface area contributed by atoms with E-state index in [1.807, 2.05) is 30.3 Å². The Morgan fingerprint density at radius 2 is 1.94 bits per heavy atom. The third-order valence-corrected chi connectivity index (χ3v) is 4.05. The van der Waals surface area contributed by atoms with Crippen LogP contribution < -0.4 is 0 Å². The van der Waals surface area contributed by atoms with Gasteiger partial charge in [0.2, 0.25) is 0 Å². The van der Waals surface area contributed by atoms with E-state index in [0.29, 0.717) is 12.4 Å². The van der Waals surface area contributed by atoms with Crippen molar-refractivity contribution in [3.05, 3.63) is 35.9 Å². The van der Waals surface area contributed by atoms with Gasteiger partial charge in [-0.05, 0) is 12.0 Å². The van der Waals surface area contributed by atoms with Crippen molar-refractivity contribution in [2.75, 3.05) is 6.61 Å². The fourth-order valence-electron chi connectivity index (χ4n) is 1.36. The summed E-state index contributed by atoms with van der Waals surface area (Å²) < 4.78 is 17.2. The lowest BCUT2D eigenvalue weighted by atomic mass is 10.2. The Bertz CT molecular complexity index is 385. The first-order valence-electron chi connectivity index (χ1n) is 5.55. The molecule has 0 aromatic heterocycles. The van der Waals surface area contributed by atoms with Gasteiger partial charge in [-0.3, -0.25) is 4.18 Å². The number of benzene rings is 1. The van der Waals surface area contributed by atoms with Gasteiger partial charge in [-0.1, -0.05) is 50.1 Å². The molecular formula is C12H18O2S2. The summed E-state index contributed by atoms with van der Waals surface area (Å²) in [6.45, 7) is 2.62. The van der Waals surface area contributed by atoms with Gasteiger partial charge in [0.15, 0.2) is 0 Å². The van der Waals surface area contributed by atoms with E-state index >= 15 is 0 Å². The van der Waals surface area contributed by atoms with Crippen LogP contribution in [0.2, 0.25) is 0 Å². The van der Waals surface area contributed by atoms with Crippen LogP contribution in [-0.4, -0.2) is 10.8 Å². The highest BCUT2D eigenvalue weighted by molar-refractivity contribution is 8.29. The maximum Gasteiger partial charge on any atom is 0.148 e. The highest BCUT2D eigenvalue weighted by atomic mass is 32.8. The van der Waals surface area contributed by atoms with E-state index in [0.717, 1.165) is 24.8 Å².